The molecule has 0 unspecified atom stereocenters. The van der Waals surface area contributed by atoms with Crippen LogP contribution in [-0.2, 0) is 7.05 Å². The molecule has 2 heterocycles. The van der Waals surface area contributed by atoms with Crippen LogP contribution < -0.4 is 5.32 Å². The number of aryl methyl sites for hydroxylation is 2. The van der Waals surface area contributed by atoms with Gasteiger partial charge in [0.15, 0.2) is 0 Å². The first-order valence-corrected chi connectivity index (χ1v) is 5.29. The monoisotopic (exact) mass is 219 g/mol. The molecule has 2 aromatic rings. The molecule has 0 atom stereocenters. The lowest BCUT2D eigenvalue weighted by Gasteiger charge is -2.00. The van der Waals surface area contributed by atoms with Crippen molar-refractivity contribution in [3.05, 3.63) is 30.4 Å². The highest BCUT2D eigenvalue weighted by atomic mass is 15.3. The zero-order valence-electron chi connectivity index (χ0n) is 10.1. The largest absolute Gasteiger partial charge is 0.321 e. The Morgan fingerprint density at radius 3 is 2.62 bits per heavy atom. The third kappa shape index (κ3) is 3.34. The smallest absolute Gasteiger partial charge is 0.227 e. The normalized spacial score (nSPS) is 9.25. The van der Waals surface area contributed by atoms with E-state index in [9.17, 15) is 0 Å². The van der Waals surface area contributed by atoms with Crippen LogP contribution >= 0.6 is 0 Å². The maximum Gasteiger partial charge on any atom is 0.227 e. The first-order valence-electron chi connectivity index (χ1n) is 5.29. The molecule has 0 aromatic carbocycles. The minimum atomic E-state index is 0.595. The van der Waals surface area contributed by atoms with Crippen LogP contribution in [0.5, 0.6) is 0 Å². The second-order valence-corrected chi connectivity index (χ2v) is 3.05. The molecule has 0 aliphatic heterocycles. The van der Waals surface area contributed by atoms with Crippen LogP contribution in [-0.4, -0.2) is 19.7 Å². The van der Waals surface area contributed by atoms with E-state index in [0.29, 0.717) is 5.95 Å². The highest BCUT2D eigenvalue weighted by Gasteiger charge is 1.98. The molecule has 0 spiro atoms. The topological polar surface area (TPSA) is 55.6 Å². The van der Waals surface area contributed by atoms with Crippen molar-refractivity contribution >= 4 is 11.6 Å². The number of hydrogen-bond acceptors (Lipinski definition) is 4. The molecular formula is C11H17N5. The van der Waals surface area contributed by atoms with E-state index in [1.165, 1.54) is 0 Å². The first-order chi connectivity index (χ1) is 7.74. The van der Waals surface area contributed by atoms with Crippen LogP contribution in [0, 0.1) is 6.92 Å². The highest BCUT2D eigenvalue weighted by Crippen LogP contribution is 2.10. The summed E-state index contributed by atoms with van der Waals surface area (Å²) >= 11 is 0. The zero-order chi connectivity index (χ0) is 12.0. The fourth-order valence-electron chi connectivity index (χ4n) is 1.12. The van der Waals surface area contributed by atoms with Gasteiger partial charge in [0.1, 0.15) is 0 Å². The van der Waals surface area contributed by atoms with Gasteiger partial charge in [0.25, 0.3) is 0 Å². The summed E-state index contributed by atoms with van der Waals surface area (Å²) in [6.45, 7) is 5.93. The predicted octanol–water partition coefficient (Wildman–Crippen LogP) is 2.29. The average molecular weight is 219 g/mol. The standard InChI is InChI=1S/C9H11N5.C2H6/c1-7-3-4-10-9(12-7)13-8-5-11-14(2)6-8;1-2/h3-6H,1-2H3,(H,10,12,13);1-2H3. The molecule has 86 valence electrons. The molecule has 0 radical (unpaired) electrons. The van der Waals surface area contributed by atoms with Gasteiger partial charge in [-0.05, 0) is 13.0 Å². The van der Waals surface area contributed by atoms with Gasteiger partial charge in [-0.15, -0.1) is 0 Å². The van der Waals surface area contributed by atoms with Crippen molar-refractivity contribution in [2.24, 2.45) is 7.05 Å². The average Bonchev–Trinajstić information content (AvgIpc) is 2.67. The molecule has 5 heteroatoms. The summed E-state index contributed by atoms with van der Waals surface area (Å²) in [6, 6.07) is 1.86. The molecular weight excluding hydrogens is 202 g/mol. The summed E-state index contributed by atoms with van der Waals surface area (Å²) in [5.41, 5.74) is 1.82. The van der Waals surface area contributed by atoms with Crippen LogP contribution in [0.2, 0.25) is 0 Å². The van der Waals surface area contributed by atoms with Crippen molar-refractivity contribution in [1.29, 1.82) is 0 Å². The van der Waals surface area contributed by atoms with E-state index >= 15 is 0 Å². The van der Waals surface area contributed by atoms with E-state index in [2.05, 4.69) is 20.4 Å². The SMILES string of the molecule is CC.Cc1ccnc(Nc2cnn(C)c2)n1. The molecule has 0 saturated heterocycles. The van der Waals surface area contributed by atoms with Crippen LogP contribution in [0.1, 0.15) is 19.5 Å². The van der Waals surface area contributed by atoms with Crippen molar-refractivity contribution in [3.8, 4) is 0 Å². The van der Waals surface area contributed by atoms with E-state index in [1.807, 2.05) is 40.1 Å². The van der Waals surface area contributed by atoms with E-state index in [4.69, 9.17) is 0 Å². The first kappa shape index (κ1) is 12.2. The molecule has 1 N–H and O–H groups in total. The van der Waals surface area contributed by atoms with Gasteiger partial charge in [0, 0.05) is 25.1 Å². The number of nitrogens with zero attached hydrogens (tertiary/aromatic N) is 4. The van der Waals surface area contributed by atoms with Gasteiger partial charge in [0.2, 0.25) is 5.95 Å². The van der Waals surface area contributed by atoms with Crippen molar-refractivity contribution in [2.45, 2.75) is 20.8 Å². The van der Waals surface area contributed by atoms with Crippen LogP contribution in [0.25, 0.3) is 0 Å². The highest BCUT2D eigenvalue weighted by molar-refractivity contribution is 5.49. The molecule has 0 aliphatic carbocycles. The number of nitrogens with one attached hydrogen (secondary N) is 1. The lowest BCUT2D eigenvalue weighted by atomic mass is 10.4. The molecule has 2 aromatic heterocycles. The maximum atomic E-state index is 4.22. The molecule has 0 bridgehead atoms. The van der Waals surface area contributed by atoms with Gasteiger partial charge in [-0.2, -0.15) is 5.10 Å². The second kappa shape index (κ2) is 5.85. The van der Waals surface area contributed by atoms with Gasteiger partial charge in [-0.3, -0.25) is 4.68 Å². The van der Waals surface area contributed by atoms with E-state index < -0.39 is 0 Å². The lowest BCUT2D eigenvalue weighted by Crippen LogP contribution is -1.96. The summed E-state index contributed by atoms with van der Waals surface area (Å²) in [5.74, 6) is 0.595. The Bertz CT molecular complexity index is 435. The Morgan fingerprint density at radius 1 is 1.31 bits per heavy atom. The van der Waals surface area contributed by atoms with Gasteiger partial charge < -0.3 is 5.32 Å². The van der Waals surface area contributed by atoms with Crippen LogP contribution in [0.4, 0.5) is 11.6 Å². The van der Waals surface area contributed by atoms with Crippen LogP contribution in [0.3, 0.4) is 0 Å². The molecule has 0 fully saturated rings. The maximum absolute atomic E-state index is 4.22. The van der Waals surface area contributed by atoms with Gasteiger partial charge >= 0.3 is 0 Å². The Labute approximate surface area is 95.6 Å². The zero-order valence-corrected chi connectivity index (χ0v) is 10.1. The fourth-order valence-corrected chi connectivity index (χ4v) is 1.12. The van der Waals surface area contributed by atoms with Crippen LogP contribution in [0.15, 0.2) is 24.7 Å². The number of hydrogen-bond donors (Lipinski definition) is 1. The molecule has 5 nitrogen and oxygen atoms in total. The summed E-state index contributed by atoms with van der Waals surface area (Å²) in [5, 5.41) is 7.09. The van der Waals surface area contributed by atoms with Gasteiger partial charge in [0.05, 0.1) is 11.9 Å². The Morgan fingerprint density at radius 2 is 2.06 bits per heavy atom. The van der Waals surface area contributed by atoms with Gasteiger partial charge in [-0.25, -0.2) is 9.97 Å². The Balaban J connectivity index is 0.000000606. The Kier molecular flexibility index (Phi) is 4.44. The minimum absolute atomic E-state index is 0.595. The summed E-state index contributed by atoms with van der Waals surface area (Å²) in [4.78, 5) is 8.30. The fraction of sp³-hybridized carbons (Fsp3) is 0.364. The summed E-state index contributed by atoms with van der Waals surface area (Å²) in [6.07, 6.45) is 5.32. The predicted molar refractivity (Wildman–Crippen MR) is 64.6 cm³/mol. The van der Waals surface area contributed by atoms with E-state index in [0.717, 1.165) is 11.4 Å². The number of aromatic nitrogens is 4. The third-order valence-corrected chi connectivity index (χ3v) is 1.76. The minimum Gasteiger partial charge on any atom is -0.321 e. The quantitative estimate of drug-likeness (QED) is 0.842. The molecule has 16 heavy (non-hydrogen) atoms. The Hall–Kier alpha value is -1.91. The number of anilines is 2. The lowest BCUT2D eigenvalue weighted by molar-refractivity contribution is 0.768. The summed E-state index contributed by atoms with van der Waals surface area (Å²) in [7, 11) is 1.86. The van der Waals surface area contributed by atoms with Crippen molar-refractivity contribution in [1.82, 2.24) is 19.7 Å². The van der Waals surface area contributed by atoms with Crippen molar-refractivity contribution in [3.63, 3.8) is 0 Å². The number of rotatable bonds is 2. The molecule has 2 rings (SSSR count). The summed E-state index contributed by atoms with van der Waals surface area (Å²) < 4.78 is 1.72. The molecule has 0 amide bonds. The van der Waals surface area contributed by atoms with Crippen molar-refractivity contribution in [2.75, 3.05) is 5.32 Å². The molecule has 0 aliphatic rings. The van der Waals surface area contributed by atoms with Crippen molar-refractivity contribution < 1.29 is 0 Å². The second-order valence-electron chi connectivity index (χ2n) is 3.05. The van der Waals surface area contributed by atoms with Gasteiger partial charge in [-0.1, -0.05) is 13.8 Å². The van der Waals surface area contributed by atoms with E-state index in [-0.39, 0.29) is 0 Å². The third-order valence-electron chi connectivity index (χ3n) is 1.76. The molecule has 0 saturated carbocycles. The van der Waals surface area contributed by atoms with E-state index in [1.54, 1.807) is 17.1 Å².